The minimum atomic E-state index is -0.346. The summed E-state index contributed by atoms with van der Waals surface area (Å²) in [5.74, 6) is -0.665. The van der Waals surface area contributed by atoms with Crippen LogP contribution in [0.2, 0.25) is 0 Å². The summed E-state index contributed by atoms with van der Waals surface area (Å²) in [6, 6.07) is 7.46. The maximum Gasteiger partial charge on any atom is 0.311 e. The molecule has 0 N–H and O–H groups in total. The lowest BCUT2D eigenvalue weighted by Crippen LogP contribution is -2.26. The number of anilines is 1. The van der Waals surface area contributed by atoms with Crippen molar-refractivity contribution in [2.45, 2.75) is 13.3 Å². The highest BCUT2D eigenvalue weighted by Crippen LogP contribution is 2.26. The summed E-state index contributed by atoms with van der Waals surface area (Å²) in [6.45, 7) is 2.52. The number of amides is 1. The predicted octanol–water partition coefficient (Wildman–Crippen LogP) is 2.37. The number of hydrogen-bond acceptors (Lipinski definition) is 3. The summed E-state index contributed by atoms with van der Waals surface area (Å²) in [7, 11) is 0. The van der Waals surface area contributed by atoms with Gasteiger partial charge in [-0.25, -0.2) is 0 Å². The van der Waals surface area contributed by atoms with Crippen molar-refractivity contribution in [1.82, 2.24) is 0 Å². The molecule has 0 aliphatic carbocycles. The first-order valence-electron chi connectivity index (χ1n) is 5.84. The Kier molecular flexibility index (Phi) is 4.01. The number of ether oxygens (including phenoxy) is 1. The van der Waals surface area contributed by atoms with Crippen LogP contribution < -0.4 is 4.90 Å². The van der Waals surface area contributed by atoms with Gasteiger partial charge in [-0.2, -0.15) is 0 Å². The van der Waals surface area contributed by atoms with Crippen molar-refractivity contribution in [2.24, 2.45) is 5.92 Å². The number of nitrogens with zero attached hydrogens (tertiary/aromatic N) is 1. The van der Waals surface area contributed by atoms with Crippen molar-refractivity contribution >= 4 is 33.5 Å². The third kappa shape index (κ3) is 2.72. The van der Waals surface area contributed by atoms with Gasteiger partial charge in [0, 0.05) is 23.1 Å². The van der Waals surface area contributed by atoms with Gasteiger partial charge in [-0.15, -0.1) is 0 Å². The zero-order valence-electron chi connectivity index (χ0n) is 10.1. The van der Waals surface area contributed by atoms with Crippen molar-refractivity contribution in [3.8, 4) is 0 Å². The highest BCUT2D eigenvalue weighted by molar-refractivity contribution is 9.10. The van der Waals surface area contributed by atoms with E-state index in [1.807, 2.05) is 24.3 Å². The number of esters is 1. The summed E-state index contributed by atoms with van der Waals surface area (Å²) in [6.07, 6.45) is 0.231. The van der Waals surface area contributed by atoms with Crippen LogP contribution in [0.4, 0.5) is 5.69 Å². The van der Waals surface area contributed by atoms with Crippen molar-refractivity contribution in [3.05, 3.63) is 28.7 Å². The Bertz CT molecular complexity index is 458. The molecular weight excluding hydrogens is 298 g/mol. The lowest BCUT2D eigenvalue weighted by molar-refractivity contribution is -0.147. The van der Waals surface area contributed by atoms with E-state index in [2.05, 4.69) is 15.9 Å². The lowest BCUT2D eigenvalue weighted by Gasteiger charge is -2.16. The van der Waals surface area contributed by atoms with E-state index in [4.69, 9.17) is 4.74 Å². The first-order valence-corrected chi connectivity index (χ1v) is 6.63. The second kappa shape index (κ2) is 5.52. The molecule has 1 saturated heterocycles. The van der Waals surface area contributed by atoms with Crippen LogP contribution >= 0.6 is 15.9 Å². The standard InChI is InChI=1S/C13H14BrNO3/c1-2-18-13(17)9-7-12(16)15(8-9)11-5-3-10(14)4-6-11/h3-6,9H,2,7-8H2,1H3/t9-/m0/s1. The Labute approximate surface area is 114 Å². The van der Waals surface area contributed by atoms with Gasteiger partial charge < -0.3 is 9.64 Å². The van der Waals surface area contributed by atoms with Gasteiger partial charge in [0.15, 0.2) is 0 Å². The van der Waals surface area contributed by atoms with E-state index in [1.165, 1.54) is 0 Å². The first kappa shape index (κ1) is 13.1. The summed E-state index contributed by atoms with van der Waals surface area (Å²) in [5, 5.41) is 0. The fraction of sp³-hybridized carbons (Fsp3) is 0.385. The molecule has 1 amide bonds. The van der Waals surface area contributed by atoms with Gasteiger partial charge in [-0.05, 0) is 31.2 Å². The van der Waals surface area contributed by atoms with Crippen LogP contribution in [0, 0.1) is 5.92 Å². The number of hydrogen-bond donors (Lipinski definition) is 0. The molecule has 1 aliphatic rings. The summed E-state index contributed by atoms with van der Waals surface area (Å²) < 4.78 is 5.91. The summed E-state index contributed by atoms with van der Waals surface area (Å²) >= 11 is 3.35. The van der Waals surface area contributed by atoms with Crippen LogP contribution in [0.25, 0.3) is 0 Å². The van der Waals surface area contributed by atoms with Gasteiger partial charge in [0.2, 0.25) is 5.91 Å². The Morgan fingerprint density at radius 3 is 2.72 bits per heavy atom. The molecule has 4 nitrogen and oxygen atoms in total. The van der Waals surface area contributed by atoms with Crippen LogP contribution in [0.3, 0.4) is 0 Å². The molecule has 0 spiro atoms. The predicted molar refractivity (Wildman–Crippen MR) is 71.2 cm³/mol. The van der Waals surface area contributed by atoms with E-state index in [0.717, 1.165) is 10.2 Å². The smallest absolute Gasteiger partial charge is 0.311 e. The van der Waals surface area contributed by atoms with Crippen LogP contribution in [-0.4, -0.2) is 25.0 Å². The Balaban J connectivity index is 2.10. The quantitative estimate of drug-likeness (QED) is 0.805. The van der Waals surface area contributed by atoms with Crippen LogP contribution in [0.5, 0.6) is 0 Å². The fourth-order valence-electron chi connectivity index (χ4n) is 2.00. The monoisotopic (exact) mass is 311 g/mol. The van der Waals surface area contributed by atoms with Gasteiger partial charge in [-0.3, -0.25) is 9.59 Å². The number of carbonyl (C=O) groups is 2. The average Bonchev–Trinajstić information content (AvgIpc) is 2.73. The van der Waals surface area contributed by atoms with Crippen molar-refractivity contribution in [2.75, 3.05) is 18.1 Å². The SMILES string of the molecule is CCOC(=O)[C@H]1CC(=O)N(c2ccc(Br)cc2)C1. The highest BCUT2D eigenvalue weighted by Gasteiger charge is 2.35. The Morgan fingerprint density at radius 1 is 1.44 bits per heavy atom. The molecule has 1 heterocycles. The van der Waals surface area contributed by atoms with Gasteiger partial charge in [0.1, 0.15) is 0 Å². The molecule has 1 atom stereocenters. The number of carbonyl (C=O) groups excluding carboxylic acids is 2. The third-order valence-electron chi connectivity index (χ3n) is 2.88. The number of rotatable bonds is 3. The molecule has 0 unspecified atom stereocenters. The molecule has 1 fully saturated rings. The van der Waals surface area contributed by atoms with Gasteiger partial charge in [0.25, 0.3) is 0 Å². The van der Waals surface area contributed by atoms with Crippen molar-refractivity contribution in [1.29, 1.82) is 0 Å². The molecule has 1 aromatic rings. The molecule has 1 aromatic carbocycles. The molecule has 1 aliphatic heterocycles. The molecule has 0 aromatic heterocycles. The highest BCUT2D eigenvalue weighted by atomic mass is 79.9. The molecule has 0 bridgehead atoms. The van der Waals surface area contributed by atoms with E-state index >= 15 is 0 Å². The van der Waals surface area contributed by atoms with E-state index < -0.39 is 0 Å². The molecule has 0 radical (unpaired) electrons. The van der Waals surface area contributed by atoms with Gasteiger partial charge in [0.05, 0.1) is 12.5 Å². The van der Waals surface area contributed by atoms with Crippen LogP contribution in [0.1, 0.15) is 13.3 Å². The molecular formula is C13H14BrNO3. The molecule has 0 saturated carbocycles. The maximum absolute atomic E-state index is 11.9. The van der Waals surface area contributed by atoms with Crippen molar-refractivity contribution in [3.63, 3.8) is 0 Å². The minimum absolute atomic E-state index is 0.0321. The molecule has 96 valence electrons. The van der Waals surface area contributed by atoms with Crippen LogP contribution in [0.15, 0.2) is 28.7 Å². The zero-order chi connectivity index (χ0) is 13.1. The maximum atomic E-state index is 11.9. The average molecular weight is 312 g/mol. The van der Waals surface area contributed by atoms with E-state index in [1.54, 1.807) is 11.8 Å². The second-order valence-corrected chi connectivity index (χ2v) is 5.05. The third-order valence-corrected chi connectivity index (χ3v) is 3.41. The number of benzene rings is 1. The van der Waals surface area contributed by atoms with Gasteiger partial charge >= 0.3 is 5.97 Å². The van der Waals surface area contributed by atoms with Crippen molar-refractivity contribution < 1.29 is 14.3 Å². The topological polar surface area (TPSA) is 46.6 Å². The summed E-state index contributed by atoms with van der Waals surface area (Å²) in [4.78, 5) is 25.1. The lowest BCUT2D eigenvalue weighted by atomic mass is 10.1. The first-order chi connectivity index (χ1) is 8.61. The molecule has 5 heteroatoms. The van der Waals surface area contributed by atoms with E-state index in [0.29, 0.717) is 13.2 Å². The molecule has 18 heavy (non-hydrogen) atoms. The van der Waals surface area contributed by atoms with Gasteiger partial charge in [-0.1, -0.05) is 15.9 Å². The Hall–Kier alpha value is -1.36. The number of halogens is 1. The summed E-state index contributed by atoms with van der Waals surface area (Å²) in [5.41, 5.74) is 0.815. The molecule has 2 rings (SSSR count). The fourth-order valence-corrected chi connectivity index (χ4v) is 2.26. The second-order valence-electron chi connectivity index (χ2n) is 4.13. The van der Waals surface area contributed by atoms with E-state index in [9.17, 15) is 9.59 Å². The minimum Gasteiger partial charge on any atom is -0.466 e. The Morgan fingerprint density at radius 2 is 2.11 bits per heavy atom. The van der Waals surface area contributed by atoms with E-state index in [-0.39, 0.29) is 24.2 Å². The largest absolute Gasteiger partial charge is 0.466 e. The van der Waals surface area contributed by atoms with Crippen LogP contribution in [-0.2, 0) is 14.3 Å². The normalized spacial score (nSPS) is 19.1. The zero-order valence-corrected chi connectivity index (χ0v) is 11.6.